The lowest BCUT2D eigenvalue weighted by atomic mass is 9.94. The Morgan fingerprint density at radius 1 is 1.15 bits per heavy atom. The maximum Gasteiger partial charge on any atom is -0.0250 e. The molecule has 1 aromatic carbocycles. The van der Waals surface area contributed by atoms with Crippen molar-refractivity contribution in [2.24, 2.45) is 5.92 Å². The van der Waals surface area contributed by atoms with E-state index in [1.165, 1.54) is 30.4 Å². The van der Waals surface area contributed by atoms with Gasteiger partial charge in [0.2, 0.25) is 0 Å². The lowest BCUT2D eigenvalue weighted by molar-refractivity contribution is 0.490. The van der Waals surface area contributed by atoms with Crippen molar-refractivity contribution in [3.8, 4) is 0 Å². The fourth-order valence-electron chi connectivity index (χ4n) is 1.75. The van der Waals surface area contributed by atoms with E-state index in [0.717, 1.165) is 5.92 Å². The van der Waals surface area contributed by atoms with E-state index in [0.29, 0.717) is 0 Å². The van der Waals surface area contributed by atoms with Crippen LogP contribution in [0.5, 0.6) is 0 Å². The zero-order chi connectivity index (χ0) is 9.68. The van der Waals surface area contributed by atoms with Crippen LogP contribution in [0.25, 0.3) is 0 Å². The van der Waals surface area contributed by atoms with Crippen LogP contribution in [0.3, 0.4) is 0 Å². The molecule has 0 aliphatic heterocycles. The Kier molecular flexibility index (Phi) is 4.01. The van der Waals surface area contributed by atoms with Crippen LogP contribution in [-0.4, -0.2) is 0 Å². The Morgan fingerprint density at radius 3 is 2.38 bits per heavy atom. The summed E-state index contributed by atoms with van der Waals surface area (Å²) in [6, 6.07) is 8.87. The molecular weight excluding hydrogens is 156 g/mol. The zero-order valence-corrected chi connectivity index (χ0v) is 9.01. The Bertz CT molecular complexity index is 246. The van der Waals surface area contributed by atoms with Crippen LogP contribution >= 0.6 is 0 Å². The van der Waals surface area contributed by atoms with Gasteiger partial charge in [0.15, 0.2) is 0 Å². The van der Waals surface area contributed by atoms with E-state index in [-0.39, 0.29) is 0 Å². The molecule has 0 heterocycles. The molecular formula is C13H20. The normalized spacial score (nSPS) is 10.8. The second-order valence-electron chi connectivity index (χ2n) is 3.88. The van der Waals surface area contributed by atoms with Gasteiger partial charge in [-0.2, -0.15) is 0 Å². The molecule has 1 rings (SSSR count). The maximum atomic E-state index is 2.30. The first-order valence-corrected chi connectivity index (χ1v) is 5.31. The molecule has 0 N–H and O–H groups in total. The van der Waals surface area contributed by atoms with Crippen LogP contribution in [0.2, 0.25) is 0 Å². The molecule has 0 amide bonds. The second kappa shape index (κ2) is 5.06. The third-order valence-electron chi connectivity index (χ3n) is 2.76. The number of benzene rings is 1. The van der Waals surface area contributed by atoms with E-state index < -0.39 is 0 Å². The number of aryl methyl sites for hydroxylation is 1. The van der Waals surface area contributed by atoms with Crippen molar-refractivity contribution in [1.29, 1.82) is 0 Å². The molecule has 13 heavy (non-hydrogen) atoms. The summed E-state index contributed by atoms with van der Waals surface area (Å²) in [6.07, 6.45) is 3.84. The van der Waals surface area contributed by atoms with E-state index in [1.807, 2.05) is 0 Å². The van der Waals surface area contributed by atoms with E-state index in [2.05, 4.69) is 45.0 Å². The smallest absolute Gasteiger partial charge is 0.0250 e. The van der Waals surface area contributed by atoms with Gasteiger partial charge in [-0.05, 0) is 24.8 Å². The van der Waals surface area contributed by atoms with Gasteiger partial charge in [0.1, 0.15) is 0 Å². The lowest BCUT2D eigenvalue weighted by Gasteiger charge is -2.12. The van der Waals surface area contributed by atoms with Crippen molar-refractivity contribution >= 4 is 0 Å². The standard InChI is InChI=1S/C13H20/c1-4-12(5-2)10-13-8-6-7-11(3)9-13/h6-9,12H,4-5,10H2,1-3H3. The maximum absolute atomic E-state index is 2.30. The molecule has 0 saturated carbocycles. The summed E-state index contributed by atoms with van der Waals surface area (Å²) in [6.45, 7) is 6.73. The molecule has 0 fully saturated rings. The average Bonchev–Trinajstić information content (AvgIpc) is 2.14. The first-order valence-electron chi connectivity index (χ1n) is 5.31. The summed E-state index contributed by atoms with van der Waals surface area (Å²) in [5.74, 6) is 0.863. The number of hydrogen-bond donors (Lipinski definition) is 0. The van der Waals surface area contributed by atoms with E-state index >= 15 is 0 Å². The van der Waals surface area contributed by atoms with Crippen LogP contribution in [0.15, 0.2) is 24.3 Å². The summed E-state index contributed by atoms with van der Waals surface area (Å²) in [5, 5.41) is 0. The highest BCUT2D eigenvalue weighted by Gasteiger charge is 2.04. The molecule has 0 bridgehead atoms. The predicted octanol–water partition coefficient (Wildman–Crippen LogP) is 3.97. The van der Waals surface area contributed by atoms with Gasteiger partial charge in [-0.15, -0.1) is 0 Å². The van der Waals surface area contributed by atoms with E-state index in [4.69, 9.17) is 0 Å². The van der Waals surface area contributed by atoms with E-state index in [1.54, 1.807) is 0 Å². The second-order valence-corrected chi connectivity index (χ2v) is 3.88. The highest BCUT2D eigenvalue weighted by molar-refractivity contribution is 5.22. The summed E-state index contributed by atoms with van der Waals surface area (Å²) in [4.78, 5) is 0. The molecule has 0 saturated heterocycles. The predicted molar refractivity (Wildman–Crippen MR) is 59.0 cm³/mol. The molecule has 0 heteroatoms. The molecule has 0 nitrogen and oxygen atoms in total. The summed E-state index contributed by atoms with van der Waals surface area (Å²) < 4.78 is 0. The van der Waals surface area contributed by atoms with Gasteiger partial charge < -0.3 is 0 Å². The molecule has 1 aromatic rings. The SMILES string of the molecule is CCC(CC)Cc1cccc(C)c1. The average molecular weight is 176 g/mol. The molecule has 72 valence electrons. The summed E-state index contributed by atoms with van der Waals surface area (Å²) in [7, 11) is 0. The third kappa shape index (κ3) is 3.22. The Hall–Kier alpha value is -0.780. The van der Waals surface area contributed by atoms with Gasteiger partial charge in [-0.25, -0.2) is 0 Å². The van der Waals surface area contributed by atoms with Gasteiger partial charge >= 0.3 is 0 Å². The quantitative estimate of drug-likeness (QED) is 0.651. The monoisotopic (exact) mass is 176 g/mol. The molecule has 0 spiro atoms. The van der Waals surface area contributed by atoms with Gasteiger partial charge in [0.05, 0.1) is 0 Å². The highest BCUT2D eigenvalue weighted by Crippen LogP contribution is 2.15. The van der Waals surface area contributed by atoms with Gasteiger partial charge in [0, 0.05) is 0 Å². The Morgan fingerprint density at radius 2 is 1.85 bits per heavy atom. The first kappa shape index (κ1) is 10.3. The molecule has 0 atom stereocenters. The van der Waals surface area contributed by atoms with Crippen molar-refractivity contribution in [1.82, 2.24) is 0 Å². The first-order chi connectivity index (χ1) is 6.26. The molecule has 0 aliphatic carbocycles. The van der Waals surface area contributed by atoms with Crippen molar-refractivity contribution in [2.75, 3.05) is 0 Å². The van der Waals surface area contributed by atoms with Crippen molar-refractivity contribution in [2.45, 2.75) is 40.0 Å². The number of rotatable bonds is 4. The molecule has 0 aromatic heterocycles. The van der Waals surface area contributed by atoms with Crippen LogP contribution < -0.4 is 0 Å². The van der Waals surface area contributed by atoms with Crippen LogP contribution in [0.1, 0.15) is 37.8 Å². The fraction of sp³-hybridized carbons (Fsp3) is 0.538. The topological polar surface area (TPSA) is 0 Å². The van der Waals surface area contributed by atoms with Gasteiger partial charge in [-0.1, -0.05) is 56.5 Å². The van der Waals surface area contributed by atoms with Crippen molar-refractivity contribution in [3.63, 3.8) is 0 Å². The molecule has 0 unspecified atom stereocenters. The Balaban J connectivity index is 2.62. The molecule has 0 radical (unpaired) electrons. The van der Waals surface area contributed by atoms with E-state index in [9.17, 15) is 0 Å². The number of hydrogen-bond acceptors (Lipinski definition) is 0. The molecule has 0 aliphatic rings. The minimum Gasteiger partial charge on any atom is -0.0651 e. The van der Waals surface area contributed by atoms with Gasteiger partial charge in [0.25, 0.3) is 0 Å². The van der Waals surface area contributed by atoms with Crippen LogP contribution in [-0.2, 0) is 6.42 Å². The largest absolute Gasteiger partial charge is 0.0651 e. The third-order valence-corrected chi connectivity index (χ3v) is 2.76. The highest BCUT2D eigenvalue weighted by atomic mass is 14.1. The lowest BCUT2D eigenvalue weighted by Crippen LogP contribution is -2.01. The summed E-state index contributed by atoms with van der Waals surface area (Å²) in [5.41, 5.74) is 2.87. The minimum atomic E-state index is 0.863. The Labute approximate surface area is 82.0 Å². The van der Waals surface area contributed by atoms with Gasteiger partial charge in [-0.3, -0.25) is 0 Å². The van der Waals surface area contributed by atoms with Crippen LogP contribution in [0, 0.1) is 12.8 Å². The summed E-state index contributed by atoms with van der Waals surface area (Å²) >= 11 is 0. The fourth-order valence-corrected chi connectivity index (χ4v) is 1.75. The van der Waals surface area contributed by atoms with Crippen molar-refractivity contribution in [3.05, 3.63) is 35.4 Å². The minimum absolute atomic E-state index is 0.863. The zero-order valence-electron chi connectivity index (χ0n) is 9.01. The van der Waals surface area contributed by atoms with Crippen LogP contribution in [0.4, 0.5) is 0 Å². The van der Waals surface area contributed by atoms with Crippen molar-refractivity contribution < 1.29 is 0 Å².